The molecular formula is C66H74F2N14O8. The smallest absolute Gasteiger partial charge is 0.251 e. The van der Waals surface area contributed by atoms with Gasteiger partial charge < -0.3 is 50.5 Å². The highest BCUT2D eigenvalue weighted by molar-refractivity contribution is 6.03. The molecule has 8 aromatic rings. The molecule has 0 spiro atoms. The number of likely N-dealkylation sites (N-methyl/N-ethyl adjacent to an activating group) is 2. The van der Waals surface area contributed by atoms with Crippen LogP contribution in [0.2, 0.25) is 0 Å². The Balaban J connectivity index is 0.763. The molecule has 0 fully saturated rings. The lowest BCUT2D eigenvalue weighted by Crippen LogP contribution is -2.55. The Labute approximate surface area is 518 Å². The molecule has 0 aliphatic carbocycles. The maximum atomic E-state index is 14.8. The van der Waals surface area contributed by atoms with Crippen molar-refractivity contribution in [3.05, 3.63) is 199 Å². The molecule has 0 saturated carbocycles. The number of carbonyl (C=O) groups is 4. The fraction of sp³-hybridized carbons (Fsp3) is 0.364. The number of benzene rings is 4. The van der Waals surface area contributed by atoms with E-state index < -0.39 is 70.7 Å². The zero-order valence-corrected chi connectivity index (χ0v) is 51.9. The van der Waals surface area contributed by atoms with Gasteiger partial charge in [-0.15, -0.1) is 10.2 Å². The molecule has 6 N–H and O–H groups in total. The lowest BCUT2D eigenvalue weighted by Gasteiger charge is -2.30. The van der Waals surface area contributed by atoms with E-state index in [1.54, 1.807) is 100 Å². The number of aromatic amines is 2. The number of rotatable bonds is 23. The number of aromatic nitrogens is 8. The molecule has 2 aliphatic heterocycles. The molecule has 6 atom stereocenters. The third kappa shape index (κ3) is 13.8. The average molecular weight is 1230 g/mol. The zero-order valence-electron chi connectivity index (χ0n) is 51.9. The minimum Gasteiger partial charge on any atom is -0.487 e. The van der Waals surface area contributed by atoms with E-state index in [1.165, 1.54) is 33.6 Å². The normalized spacial score (nSPS) is 15.9. The Morgan fingerprint density at radius 1 is 0.556 bits per heavy atom. The van der Waals surface area contributed by atoms with Crippen molar-refractivity contribution >= 4 is 35.0 Å². The number of fused-ring (bicyclic) bond motifs is 2. The fourth-order valence-corrected chi connectivity index (χ4v) is 11.2. The zero-order chi connectivity index (χ0) is 64.3. The van der Waals surface area contributed by atoms with Crippen LogP contribution >= 0.6 is 0 Å². The highest BCUT2D eigenvalue weighted by Gasteiger charge is 2.45. The van der Waals surface area contributed by atoms with Crippen molar-refractivity contribution in [2.45, 2.75) is 129 Å². The van der Waals surface area contributed by atoms with Gasteiger partial charge in [0.05, 0.1) is 47.9 Å². The van der Waals surface area contributed by atoms with Crippen LogP contribution in [0.4, 0.5) is 20.2 Å². The Morgan fingerprint density at radius 2 is 0.911 bits per heavy atom. The first-order chi connectivity index (χ1) is 42.9. The lowest BCUT2D eigenvalue weighted by atomic mass is 9.91. The van der Waals surface area contributed by atoms with Crippen molar-refractivity contribution in [2.75, 3.05) is 37.0 Å². The van der Waals surface area contributed by atoms with Gasteiger partial charge in [-0.1, -0.05) is 86.7 Å². The molecule has 22 nitrogen and oxygen atoms in total. The van der Waals surface area contributed by atoms with Gasteiger partial charge >= 0.3 is 0 Å². The topological polar surface area (TPSA) is 268 Å². The number of ether oxygens (including phenoxy) is 2. The summed E-state index contributed by atoms with van der Waals surface area (Å²) in [4.78, 5) is 92.6. The van der Waals surface area contributed by atoms with E-state index >= 15 is 0 Å². The second kappa shape index (κ2) is 26.2. The van der Waals surface area contributed by atoms with Gasteiger partial charge in [0.1, 0.15) is 59.8 Å². The number of hydrogen-bond acceptors (Lipinski definition) is 14. The van der Waals surface area contributed by atoms with E-state index in [-0.39, 0.29) is 61.9 Å². The van der Waals surface area contributed by atoms with E-state index in [4.69, 9.17) is 9.47 Å². The summed E-state index contributed by atoms with van der Waals surface area (Å²) in [5.74, 6) is -1.26. The maximum absolute atomic E-state index is 14.8. The number of amides is 4. The quantitative estimate of drug-likeness (QED) is 0.0400. The van der Waals surface area contributed by atoms with Crippen molar-refractivity contribution in [1.29, 1.82) is 0 Å². The highest BCUT2D eigenvalue weighted by atomic mass is 19.1. The summed E-state index contributed by atoms with van der Waals surface area (Å²) in [7, 11) is 3.30. The molecule has 0 radical (unpaired) electrons. The molecule has 0 saturated heterocycles. The van der Waals surface area contributed by atoms with Gasteiger partial charge in [-0.3, -0.25) is 28.8 Å². The SMILES string of the molecule is CN[C@@H](C)C(=O)N[C@H](C(=O)N1CC(C)(C)c2[nH]c(=O)c(Cc3ccc(F)cc3)cc21)[C@H](C)n1cc(COc2ccc(-c3ccc(OCc4cn([C@@H](C)[C@H](NC(=O)[C@H](C)NC)C(=O)N5CC(C)(C)c6[nH]c(=O)c(Cc7ccc(F)cc7)cc65)nn4)cc3)cc2)nn1. The Hall–Kier alpha value is -9.68. The monoisotopic (exact) mass is 1230 g/mol. The summed E-state index contributed by atoms with van der Waals surface area (Å²) in [6, 6.07) is 25.3. The second-order valence-corrected chi connectivity index (χ2v) is 24.5. The number of nitrogens with one attached hydrogen (secondary N) is 6. The summed E-state index contributed by atoms with van der Waals surface area (Å²) in [6.45, 7) is 15.2. The van der Waals surface area contributed by atoms with Crippen LogP contribution in [0.1, 0.15) is 113 Å². The van der Waals surface area contributed by atoms with Gasteiger partial charge in [-0.25, -0.2) is 18.1 Å². The van der Waals surface area contributed by atoms with E-state index in [2.05, 4.69) is 51.9 Å². The van der Waals surface area contributed by atoms with Crippen LogP contribution in [-0.2, 0) is 56.1 Å². The Bertz CT molecular complexity index is 3790. The number of anilines is 2. The molecule has 24 heteroatoms. The maximum Gasteiger partial charge on any atom is 0.251 e. The van der Waals surface area contributed by atoms with Gasteiger partial charge in [0, 0.05) is 59.3 Å². The molecule has 0 bridgehead atoms. The number of nitrogens with zero attached hydrogens (tertiary/aromatic N) is 8. The summed E-state index contributed by atoms with van der Waals surface area (Å²) in [5.41, 5.74) is 5.36. The number of halogens is 2. The Morgan fingerprint density at radius 3 is 1.26 bits per heavy atom. The number of pyridine rings is 2. The molecule has 4 aromatic heterocycles. The number of H-pyrrole nitrogens is 2. The third-order valence-electron chi connectivity index (χ3n) is 16.9. The fourth-order valence-electron chi connectivity index (χ4n) is 11.2. The first-order valence-corrected chi connectivity index (χ1v) is 29.8. The van der Waals surface area contributed by atoms with Crippen LogP contribution in [0.5, 0.6) is 11.5 Å². The standard InChI is InChI=1S/C66H74F2N14O8/c1-37(69-9)59(83)71-55(63(87)79-35-65(5,6)57-53(79)29-45(61(85)73-57)27-41-11-19-47(67)20-12-41)39(3)81-31-49(75-77-81)33-89-51-23-15-43(16-24-51)44-17-25-52(26-18-44)90-34-50-32-82(78-76-50)40(4)56(72-60(84)38(2)70-10)64(88)80-36-66(7,8)58-54(80)30-46(62(86)74-58)28-42-13-21-48(68)22-14-42/h11-26,29-32,37-40,55-56,69-70H,27-28,33-36H2,1-10H3,(H,71,83)(H,72,84)(H,73,85)(H,74,86)/t37-,38-,39-,40-,55-,56-/m0/s1. The summed E-state index contributed by atoms with van der Waals surface area (Å²) >= 11 is 0. The molecule has 470 valence electrons. The van der Waals surface area contributed by atoms with E-state index in [1.807, 2.05) is 76.2 Å². The molecule has 0 unspecified atom stereocenters. The molecule has 4 aromatic carbocycles. The van der Waals surface area contributed by atoms with Crippen LogP contribution in [0.3, 0.4) is 0 Å². The molecule has 2 aliphatic rings. The summed E-state index contributed by atoms with van der Waals surface area (Å²) in [6.07, 6.45) is 3.77. The van der Waals surface area contributed by atoms with Gasteiger partial charge in [-0.05, 0) is 125 Å². The van der Waals surface area contributed by atoms with Crippen molar-refractivity contribution in [2.24, 2.45) is 0 Å². The van der Waals surface area contributed by atoms with E-state index in [9.17, 15) is 37.5 Å². The largest absolute Gasteiger partial charge is 0.487 e. The molecule has 6 heterocycles. The lowest BCUT2D eigenvalue weighted by molar-refractivity contribution is -0.129. The first kappa shape index (κ1) is 63.3. The van der Waals surface area contributed by atoms with Crippen molar-refractivity contribution in [3.8, 4) is 22.6 Å². The van der Waals surface area contributed by atoms with Crippen LogP contribution in [0.25, 0.3) is 11.1 Å². The van der Waals surface area contributed by atoms with Crippen LogP contribution in [-0.4, -0.2) is 115 Å². The van der Waals surface area contributed by atoms with Crippen molar-refractivity contribution < 1.29 is 37.4 Å². The predicted octanol–water partition coefficient (Wildman–Crippen LogP) is 6.49. The van der Waals surface area contributed by atoms with Crippen molar-refractivity contribution in [3.63, 3.8) is 0 Å². The van der Waals surface area contributed by atoms with Crippen LogP contribution in [0.15, 0.2) is 131 Å². The first-order valence-electron chi connectivity index (χ1n) is 29.8. The molecule has 10 rings (SSSR count). The van der Waals surface area contributed by atoms with Crippen molar-refractivity contribution in [1.82, 2.24) is 61.2 Å². The van der Waals surface area contributed by atoms with Gasteiger partial charge in [0.25, 0.3) is 22.9 Å². The molecule has 90 heavy (non-hydrogen) atoms. The van der Waals surface area contributed by atoms with Crippen LogP contribution in [0, 0.1) is 11.6 Å². The summed E-state index contributed by atoms with van der Waals surface area (Å²) in [5, 5.41) is 29.2. The number of hydrogen-bond donors (Lipinski definition) is 6. The van der Waals surface area contributed by atoms with Gasteiger partial charge in [0.2, 0.25) is 11.8 Å². The minimum absolute atomic E-state index is 0.0500. The minimum atomic E-state index is -1.11. The molecule has 4 amide bonds. The van der Waals surface area contributed by atoms with Crippen LogP contribution < -0.4 is 51.7 Å². The van der Waals surface area contributed by atoms with E-state index in [0.29, 0.717) is 56.8 Å². The third-order valence-corrected chi connectivity index (χ3v) is 16.9. The predicted molar refractivity (Wildman–Crippen MR) is 334 cm³/mol. The number of carbonyl (C=O) groups excluding carboxylic acids is 4. The second-order valence-electron chi connectivity index (χ2n) is 24.5. The van der Waals surface area contributed by atoms with Gasteiger partial charge in [0.15, 0.2) is 0 Å². The summed E-state index contributed by atoms with van der Waals surface area (Å²) < 4.78 is 42.8. The average Bonchev–Trinajstić information content (AvgIpc) is 1.61. The highest BCUT2D eigenvalue weighted by Crippen LogP contribution is 2.41. The van der Waals surface area contributed by atoms with Gasteiger partial charge in [-0.2, -0.15) is 0 Å². The van der Waals surface area contributed by atoms with E-state index in [0.717, 1.165) is 22.3 Å². The Kier molecular flexibility index (Phi) is 18.4. The molecular weight excluding hydrogens is 1150 g/mol.